The third-order valence-electron chi connectivity index (χ3n) is 12.4. The lowest BCUT2D eigenvalue weighted by atomic mass is 9.85. The number of benzene rings is 11. The van der Waals surface area contributed by atoms with E-state index in [0.717, 1.165) is 5.69 Å². The fourth-order valence-electron chi connectivity index (χ4n) is 9.76. The Labute approximate surface area is 342 Å². The van der Waals surface area contributed by atoms with Crippen molar-refractivity contribution in [3.05, 3.63) is 224 Å². The van der Waals surface area contributed by atoms with Crippen LogP contribution in [0.2, 0.25) is 0 Å². The molecule has 0 radical (unpaired) electrons. The van der Waals surface area contributed by atoms with Crippen molar-refractivity contribution in [1.29, 1.82) is 0 Å². The molecule has 0 saturated heterocycles. The first-order valence-corrected chi connectivity index (χ1v) is 20.4. The monoisotopic (exact) mass is 747 g/mol. The zero-order chi connectivity index (χ0) is 38.9. The van der Waals surface area contributed by atoms with E-state index in [1.54, 1.807) is 0 Å². The second-order valence-electron chi connectivity index (χ2n) is 15.6. The molecule has 12 aromatic rings. The summed E-state index contributed by atoms with van der Waals surface area (Å²) in [6.45, 7) is 0. The summed E-state index contributed by atoms with van der Waals surface area (Å²) in [6, 6.07) is 82.4. The highest BCUT2D eigenvalue weighted by Crippen LogP contribution is 2.46. The maximum Gasteiger partial charge on any atom is 0.0553 e. The molecule has 1 aromatic heterocycles. The van der Waals surface area contributed by atoms with E-state index in [-0.39, 0.29) is 0 Å². The van der Waals surface area contributed by atoms with Crippen LogP contribution in [-0.4, -0.2) is 4.57 Å². The van der Waals surface area contributed by atoms with Crippen molar-refractivity contribution in [3.63, 3.8) is 0 Å². The summed E-state index contributed by atoms with van der Waals surface area (Å²) >= 11 is 0. The molecule has 0 spiro atoms. The average molecular weight is 748 g/mol. The molecule has 1 heteroatoms. The summed E-state index contributed by atoms with van der Waals surface area (Å²) in [5.41, 5.74) is 13.4. The van der Waals surface area contributed by atoms with Crippen LogP contribution >= 0.6 is 0 Å². The van der Waals surface area contributed by atoms with Gasteiger partial charge in [0.2, 0.25) is 0 Å². The van der Waals surface area contributed by atoms with E-state index in [0.29, 0.717) is 0 Å². The van der Waals surface area contributed by atoms with E-state index in [9.17, 15) is 0 Å². The van der Waals surface area contributed by atoms with Crippen LogP contribution in [0, 0.1) is 0 Å². The summed E-state index contributed by atoms with van der Waals surface area (Å²) in [7, 11) is 0. The third-order valence-corrected chi connectivity index (χ3v) is 12.4. The van der Waals surface area contributed by atoms with Gasteiger partial charge in [-0.25, -0.2) is 0 Å². The molecule has 0 amide bonds. The van der Waals surface area contributed by atoms with Gasteiger partial charge in [0.25, 0.3) is 0 Å². The first kappa shape index (κ1) is 33.4. The van der Waals surface area contributed by atoms with E-state index in [2.05, 4.69) is 229 Å². The largest absolute Gasteiger partial charge is 0.309 e. The maximum absolute atomic E-state index is 2.47. The Balaban J connectivity index is 1.09. The number of aromatic nitrogens is 1. The van der Waals surface area contributed by atoms with Gasteiger partial charge in [0.1, 0.15) is 0 Å². The second-order valence-corrected chi connectivity index (χ2v) is 15.6. The zero-order valence-corrected chi connectivity index (χ0v) is 32.3. The SMILES string of the molecule is c1ccc(-c2ccc(-n3c4ccc5ccccc5c4c4c5ccccc5c(-c5ccc(-c6c7ccccc7c(-c7ccccc7)c7ccccc67)cc5)cc43)cc2)cc1. The van der Waals surface area contributed by atoms with Crippen molar-refractivity contribution < 1.29 is 0 Å². The van der Waals surface area contributed by atoms with Gasteiger partial charge in [-0.05, 0) is 112 Å². The van der Waals surface area contributed by atoms with E-state index in [1.165, 1.54) is 109 Å². The van der Waals surface area contributed by atoms with Gasteiger partial charge in [-0.15, -0.1) is 0 Å². The fraction of sp³-hybridized carbons (Fsp3) is 0. The average Bonchev–Trinajstić information content (AvgIpc) is 3.66. The van der Waals surface area contributed by atoms with Crippen molar-refractivity contribution in [3.8, 4) is 50.2 Å². The van der Waals surface area contributed by atoms with Crippen molar-refractivity contribution in [2.75, 3.05) is 0 Å². The standard InChI is InChI=1S/C58H37N/c1-3-15-38(16-4-1)39-31-34-44(35-32-39)59-53-36-33-40-17-7-8-20-45(40)57(53)58-47-22-10-9-21-46(47)52(37-54(58)59)41-27-29-43(30-28-41)56-50-25-13-11-23-48(50)55(42-18-5-2-6-19-42)49-24-12-14-26-51(49)56/h1-37H. The summed E-state index contributed by atoms with van der Waals surface area (Å²) < 4.78 is 2.47. The Bertz CT molecular complexity index is 3500. The molecular formula is C58H37N. The summed E-state index contributed by atoms with van der Waals surface area (Å²) in [5.74, 6) is 0. The lowest BCUT2D eigenvalue weighted by Gasteiger charge is -2.18. The molecule has 274 valence electrons. The smallest absolute Gasteiger partial charge is 0.0553 e. The van der Waals surface area contributed by atoms with Gasteiger partial charge < -0.3 is 4.57 Å². The minimum Gasteiger partial charge on any atom is -0.309 e. The lowest BCUT2D eigenvalue weighted by molar-refractivity contribution is 1.18. The van der Waals surface area contributed by atoms with Crippen molar-refractivity contribution in [2.24, 2.45) is 0 Å². The molecule has 0 saturated carbocycles. The van der Waals surface area contributed by atoms with Gasteiger partial charge in [0.15, 0.2) is 0 Å². The van der Waals surface area contributed by atoms with Crippen LogP contribution in [0.5, 0.6) is 0 Å². The number of hydrogen-bond acceptors (Lipinski definition) is 0. The molecule has 59 heavy (non-hydrogen) atoms. The molecule has 0 unspecified atom stereocenters. The third kappa shape index (κ3) is 5.25. The van der Waals surface area contributed by atoms with Gasteiger partial charge in [0, 0.05) is 16.5 Å². The molecule has 1 nitrogen and oxygen atoms in total. The van der Waals surface area contributed by atoms with Crippen LogP contribution in [0.15, 0.2) is 224 Å². The summed E-state index contributed by atoms with van der Waals surface area (Å²) in [5, 5.41) is 12.7. The molecule has 0 N–H and O–H groups in total. The minimum absolute atomic E-state index is 1.15. The first-order valence-electron chi connectivity index (χ1n) is 20.4. The van der Waals surface area contributed by atoms with Gasteiger partial charge in [-0.1, -0.05) is 200 Å². The highest BCUT2D eigenvalue weighted by molar-refractivity contribution is 6.30. The van der Waals surface area contributed by atoms with Gasteiger partial charge in [-0.3, -0.25) is 0 Å². The van der Waals surface area contributed by atoms with Gasteiger partial charge in [0.05, 0.1) is 11.0 Å². The molecule has 0 aliphatic heterocycles. The molecule has 1 heterocycles. The molecule has 0 fully saturated rings. The van der Waals surface area contributed by atoms with E-state index >= 15 is 0 Å². The van der Waals surface area contributed by atoms with Crippen LogP contribution in [0.25, 0.3) is 115 Å². The first-order chi connectivity index (χ1) is 29.3. The molecule has 0 aliphatic carbocycles. The molecule has 0 atom stereocenters. The molecule has 0 bridgehead atoms. The molecular weight excluding hydrogens is 711 g/mol. The second kappa shape index (κ2) is 13.4. The normalized spacial score (nSPS) is 11.7. The lowest BCUT2D eigenvalue weighted by Crippen LogP contribution is -1.95. The van der Waals surface area contributed by atoms with Crippen molar-refractivity contribution >= 4 is 64.9 Å². The molecule has 12 rings (SSSR count). The van der Waals surface area contributed by atoms with Crippen LogP contribution < -0.4 is 0 Å². The number of nitrogens with zero attached hydrogens (tertiary/aromatic N) is 1. The molecule has 0 aliphatic rings. The van der Waals surface area contributed by atoms with Crippen molar-refractivity contribution in [1.82, 2.24) is 4.57 Å². The van der Waals surface area contributed by atoms with Gasteiger partial charge >= 0.3 is 0 Å². The Morgan fingerprint density at radius 1 is 0.254 bits per heavy atom. The fourth-order valence-corrected chi connectivity index (χ4v) is 9.76. The van der Waals surface area contributed by atoms with Crippen LogP contribution in [-0.2, 0) is 0 Å². The Morgan fingerprint density at radius 2 is 0.678 bits per heavy atom. The van der Waals surface area contributed by atoms with E-state index in [1.807, 2.05) is 0 Å². The van der Waals surface area contributed by atoms with Gasteiger partial charge in [-0.2, -0.15) is 0 Å². The Morgan fingerprint density at radius 3 is 1.29 bits per heavy atom. The highest BCUT2D eigenvalue weighted by Gasteiger charge is 2.21. The van der Waals surface area contributed by atoms with Crippen LogP contribution in [0.4, 0.5) is 0 Å². The van der Waals surface area contributed by atoms with E-state index < -0.39 is 0 Å². The Hall–Kier alpha value is -7.74. The maximum atomic E-state index is 2.47. The summed E-state index contributed by atoms with van der Waals surface area (Å²) in [4.78, 5) is 0. The van der Waals surface area contributed by atoms with Crippen LogP contribution in [0.1, 0.15) is 0 Å². The quantitative estimate of drug-likeness (QED) is 0.155. The Kier molecular flexibility index (Phi) is 7.61. The van der Waals surface area contributed by atoms with E-state index in [4.69, 9.17) is 0 Å². The molecule has 11 aromatic carbocycles. The van der Waals surface area contributed by atoms with Crippen LogP contribution in [0.3, 0.4) is 0 Å². The predicted molar refractivity (Wildman–Crippen MR) is 253 cm³/mol. The number of hydrogen-bond donors (Lipinski definition) is 0. The minimum atomic E-state index is 1.15. The summed E-state index contributed by atoms with van der Waals surface area (Å²) in [6.07, 6.45) is 0. The highest BCUT2D eigenvalue weighted by atomic mass is 15.0. The predicted octanol–water partition coefficient (Wildman–Crippen LogP) is 16.1. The number of fused-ring (bicyclic) bond motifs is 9. The topological polar surface area (TPSA) is 4.93 Å². The number of rotatable bonds is 5. The van der Waals surface area contributed by atoms with Crippen molar-refractivity contribution in [2.45, 2.75) is 0 Å². The zero-order valence-electron chi connectivity index (χ0n) is 32.3.